The average Bonchev–Trinajstić information content (AvgIpc) is 3.09. The van der Waals surface area contributed by atoms with E-state index in [0.717, 1.165) is 16.9 Å². The molecular weight excluding hydrogens is 326 g/mol. The Kier molecular flexibility index (Phi) is 5.35. The minimum Gasteiger partial charge on any atom is -0.496 e. The van der Waals surface area contributed by atoms with Crippen molar-refractivity contribution >= 4 is 17.5 Å². The monoisotopic (exact) mass is 345 g/mol. The molecule has 0 radical (unpaired) electrons. The molecular formula is C18H20ClN3O2. The second kappa shape index (κ2) is 7.66. The molecule has 5 nitrogen and oxygen atoms in total. The zero-order valence-electron chi connectivity index (χ0n) is 13.4. The predicted molar refractivity (Wildman–Crippen MR) is 93.7 cm³/mol. The molecule has 0 aliphatic carbocycles. The maximum Gasteiger partial charge on any atom is 0.226 e. The molecule has 2 aromatic carbocycles. The van der Waals surface area contributed by atoms with E-state index < -0.39 is 0 Å². The Morgan fingerprint density at radius 2 is 2.12 bits per heavy atom. The number of carbonyl (C=O) groups excluding carboxylic acids is 1. The highest BCUT2D eigenvalue weighted by molar-refractivity contribution is 6.30. The summed E-state index contributed by atoms with van der Waals surface area (Å²) in [6.45, 7) is 0.997. The van der Waals surface area contributed by atoms with Gasteiger partial charge >= 0.3 is 0 Å². The number of ether oxygens (including phenoxy) is 1. The first-order valence-electron chi connectivity index (χ1n) is 7.82. The molecule has 1 aliphatic heterocycles. The van der Waals surface area contributed by atoms with E-state index in [1.54, 1.807) is 7.11 Å². The van der Waals surface area contributed by atoms with Crippen molar-refractivity contribution in [3.05, 3.63) is 64.7 Å². The van der Waals surface area contributed by atoms with Gasteiger partial charge < -0.3 is 10.1 Å². The van der Waals surface area contributed by atoms with Crippen LogP contribution in [0.2, 0.25) is 5.02 Å². The van der Waals surface area contributed by atoms with Gasteiger partial charge in [-0.05, 0) is 23.8 Å². The first-order chi connectivity index (χ1) is 11.7. The molecule has 1 amide bonds. The highest BCUT2D eigenvalue weighted by Crippen LogP contribution is 2.27. The predicted octanol–water partition coefficient (Wildman–Crippen LogP) is 2.43. The van der Waals surface area contributed by atoms with E-state index >= 15 is 0 Å². The summed E-state index contributed by atoms with van der Waals surface area (Å²) < 4.78 is 5.32. The highest BCUT2D eigenvalue weighted by atomic mass is 35.5. The molecule has 3 rings (SSSR count). The van der Waals surface area contributed by atoms with Crippen LogP contribution in [-0.2, 0) is 11.3 Å². The summed E-state index contributed by atoms with van der Waals surface area (Å²) in [6, 6.07) is 15.1. The van der Waals surface area contributed by atoms with Gasteiger partial charge in [-0.2, -0.15) is 0 Å². The van der Waals surface area contributed by atoms with Crippen LogP contribution in [0.4, 0.5) is 0 Å². The summed E-state index contributed by atoms with van der Waals surface area (Å²) in [7, 11) is 1.63. The molecule has 0 aromatic heterocycles. The van der Waals surface area contributed by atoms with Crippen LogP contribution >= 0.6 is 11.6 Å². The van der Waals surface area contributed by atoms with Gasteiger partial charge in [0, 0.05) is 23.7 Å². The third kappa shape index (κ3) is 3.70. The highest BCUT2D eigenvalue weighted by Gasteiger charge is 2.33. The number of para-hydroxylation sites is 1. The van der Waals surface area contributed by atoms with Crippen molar-refractivity contribution in [1.82, 2.24) is 16.2 Å². The summed E-state index contributed by atoms with van der Waals surface area (Å²) in [5, 5.41) is 3.66. The molecule has 24 heavy (non-hydrogen) atoms. The average molecular weight is 346 g/mol. The fraction of sp³-hybridized carbons (Fsp3) is 0.278. The van der Waals surface area contributed by atoms with Gasteiger partial charge in [0.1, 0.15) is 5.75 Å². The fourth-order valence-corrected chi connectivity index (χ4v) is 3.12. The second-order valence-electron chi connectivity index (χ2n) is 5.69. The van der Waals surface area contributed by atoms with Gasteiger partial charge in [0.25, 0.3) is 0 Å². The fourth-order valence-electron chi connectivity index (χ4n) is 2.92. The second-order valence-corrected chi connectivity index (χ2v) is 6.13. The van der Waals surface area contributed by atoms with E-state index in [9.17, 15) is 4.79 Å². The molecule has 1 fully saturated rings. The van der Waals surface area contributed by atoms with E-state index in [0.29, 0.717) is 18.1 Å². The molecule has 0 spiro atoms. The first-order valence-corrected chi connectivity index (χ1v) is 8.20. The maximum absolute atomic E-state index is 12.6. The van der Waals surface area contributed by atoms with Gasteiger partial charge in [0.05, 0.1) is 19.1 Å². The van der Waals surface area contributed by atoms with Gasteiger partial charge in [-0.1, -0.05) is 41.9 Å². The summed E-state index contributed by atoms with van der Waals surface area (Å²) in [5.74, 6) is 0.549. The van der Waals surface area contributed by atoms with Gasteiger partial charge in [-0.3, -0.25) is 10.2 Å². The van der Waals surface area contributed by atoms with E-state index in [1.807, 2.05) is 48.5 Å². The van der Waals surface area contributed by atoms with Crippen molar-refractivity contribution in [2.45, 2.75) is 12.6 Å². The topological polar surface area (TPSA) is 62.4 Å². The van der Waals surface area contributed by atoms with Crippen LogP contribution in [0, 0.1) is 5.92 Å². The number of nitrogens with one attached hydrogen (secondary N) is 3. The molecule has 6 heteroatoms. The van der Waals surface area contributed by atoms with Crippen LogP contribution in [0.15, 0.2) is 48.5 Å². The third-order valence-corrected chi connectivity index (χ3v) is 4.41. The lowest BCUT2D eigenvalue weighted by molar-refractivity contribution is -0.125. The summed E-state index contributed by atoms with van der Waals surface area (Å²) in [6.07, 6.45) is 0. The Morgan fingerprint density at radius 3 is 2.92 bits per heavy atom. The SMILES string of the molecule is COc1ccccc1CNC(=O)C1CNNC1c1cccc(Cl)c1. The number of amides is 1. The van der Waals surface area contributed by atoms with Crippen LogP contribution in [0.3, 0.4) is 0 Å². The third-order valence-electron chi connectivity index (χ3n) is 4.17. The molecule has 3 N–H and O–H groups in total. The van der Waals surface area contributed by atoms with Crippen LogP contribution in [0.1, 0.15) is 17.2 Å². The van der Waals surface area contributed by atoms with Crippen molar-refractivity contribution in [3.8, 4) is 5.75 Å². The van der Waals surface area contributed by atoms with E-state index in [-0.39, 0.29) is 17.9 Å². The zero-order chi connectivity index (χ0) is 16.9. The summed E-state index contributed by atoms with van der Waals surface area (Å²) in [5.41, 5.74) is 8.16. The number of hydrogen-bond acceptors (Lipinski definition) is 4. The van der Waals surface area contributed by atoms with Gasteiger partial charge in [-0.15, -0.1) is 0 Å². The Hall–Kier alpha value is -2.08. The minimum atomic E-state index is -0.210. The number of halogens is 1. The molecule has 2 atom stereocenters. The van der Waals surface area contributed by atoms with E-state index in [4.69, 9.17) is 16.3 Å². The van der Waals surface area contributed by atoms with Crippen molar-refractivity contribution in [1.29, 1.82) is 0 Å². The lowest BCUT2D eigenvalue weighted by atomic mass is 9.94. The Bertz CT molecular complexity index is 723. The first kappa shape index (κ1) is 16.8. The van der Waals surface area contributed by atoms with Crippen molar-refractivity contribution in [2.24, 2.45) is 5.92 Å². The normalized spacial score (nSPS) is 19.9. The van der Waals surface area contributed by atoms with Gasteiger partial charge in [0.2, 0.25) is 5.91 Å². The Balaban J connectivity index is 1.68. The smallest absolute Gasteiger partial charge is 0.226 e. The molecule has 1 heterocycles. The molecule has 2 aromatic rings. The number of methoxy groups -OCH3 is 1. The summed E-state index contributed by atoms with van der Waals surface area (Å²) >= 11 is 6.06. The number of hydrazine groups is 1. The zero-order valence-corrected chi connectivity index (χ0v) is 14.1. The molecule has 1 aliphatic rings. The summed E-state index contributed by atoms with van der Waals surface area (Å²) in [4.78, 5) is 12.6. The van der Waals surface area contributed by atoms with Crippen molar-refractivity contribution < 1.29 is 9.53 Å². The van der Waals surface area contributed by atoms with Crippen LogP contribution < -0.4 is 20.9 Å². The molecule has 0 saturated carbocycles. The van der Waals surface area contributed by atoms with E-state index in [2.05, 4.69) is 16.2 Å². The van der Waals surface area contributed by atoms with Crippen LogP contribution in [-0.4, -0.2) is 19.6 Å². The standard InChI is InChI=1S/C18H20ClN3O2/c1-24-16-8-3-2-5-13(16)10-20-18(23)15-11-21-22-17(15)12-6-4-7-14(19)9-12/h2-9,15,17,21-22H,10-11H2,1H3,(H,20,23). The lowest BCUT2D eigenvalue weighted by Crippen LogP contribution is -2.34. The largest absolute Gasteiger partial charge is 0.496 e. The maximum atomic E-state index is 12.6. The van der Waals surface area contributed by atoms with Crippen molar-refractivity contribution in [2.75, 3.05) is 13.7 Å². The molecule has 1 saturated heterocycles. The van der Waals surface area contributed by atoms with Crippen LogP contribution in [0.5, 0.6) is 5.75 Å². The van der Waals surface area contributed by atoms with Gasteiger partial charge in [-0.25, -0.2) is 5.43 Å². The van der Waals surface area contributed by atoms with Gasteiger partial charge in [0.15, 0.2) is 0 Å². The Labute approximate surface area is 146 Å². The molecule has 126 valence electrons. The number of benzene rings is 2. The Morgan fingerprint density at radius 1 is 1.29 bits per heavy atom. The van der Waals surface area contributed by atoms with Crippen molar-refractivity contribution in [3.63, 3.8) is 0 Å². The minimum absolute atomic E-state index is 0.0108. The molecule has 0 bridgehead atoms. The number of rotatable bonds is 5. The number of hydrogen-bond donors (Lipinski definition) is 3. The number of carbonyl (C=O) groups is 1. The van der Waals surface area contributed by atoms with E-state index in [1.165, 1.54) is 0 Å². The van der Waals surface area contributed by atoms with Crippen LogP contribution in [0.25, 0.3) is 0 Å². The quantitative estimate of drug-likeness (QED) is 0.779. The lowest BCUT2D eigenvalue weighted by Gasteiger charge is -2.19. The molecule has 2 unspecified atom stereocenters.